The number of hydrogen-bond donors (Lipinski definition) is 2. The van der Waals surface area contributed by atoms with Gasteiger partial charge in [-0.1, -0.05) is 24.3 Å². The van der Waals surface area contributed by atoms with E-state index in [1.807, 2.05) is 24.3 Å². The summed E-state index contributed by atoms with van der Waals surface area (Å²) in [4.78, 5) is 14.4. The normalized spacial score (nSPS) is 17.4. The van der Waals surface area contributed by atoms with Crippen LogP contribution in [0.2, 0.25) is 0 Å². The van der Waals surface area contributed by atoms with Gasteiger partial charge in [0.1, 0.15) is 5.75 Å². The average Bonchev–Trinajstić information content (AvgIpc) is 2.50. The molecule has 0 aliphatic carbocycles. The van der Waals surface area contributed by atoms with Gasteiger partial charge in [0.2, 0.25) is 0 Å². The molecule has 0 bridgehead atoms. The standard InChI is InChI=1S/C17H17NO3/c1-11-12(6-4-8-15(11)19)17(21)18-10-9-16(20)13-5-2-3-7-14(13)18/h2-8,16,19-20H,9-10H2,1H3. The highest BCUT2D eigenvalue weighted by molar-refractivity contribution is 6.08. The number of para-hydroxylation sites is 1. The van der Waals surface area contributed by atoms with E-state index in [1.165, 1.54) is 0 Å². The lowest BCUT2D eigenvalue weighted by atomic mass is 9.97. The van der Waals surface area contributed by atoms with Crippen molar-refractivity contribution in [3.8, 4) is 5.75 Å². The Morgan fingerprint density at radius 3 is 2.76 bits per heavy atom. The van der Waals surface area contributed by atoms with Gasteiger partial charge in [-0.3, -0.25) is 4.79 Å². The molecule has 1 heterocycles. The molecule has 0 radical (unpaired) electrons. The van der Waals surface area contributed by atoms with Crippen LogP contribution in [0.25, 0.3) is 0 Å². The molecule has 4 nitrogen and oxygen atoms in total. The van der Waals surface area contributed by atoms with E-state index in [1.54, 1.807) is 30.0 Å². The van der Waals surface area contributed by atoms with Gasteiger partial charge in [-0.25, -0.2) is 0 Å². The lowest BCUT2D eigenvalue weighted by Crippen LogP contribution is -2.37. The largest absolute Gasteiger partial charge is 0.508 e. The molecule has 1 unspecified atom stereocenters. The number of nitrogens with zero attached hydrogens (tertiary/aromatic N) is 1. The second kappa shape index (κ2) is 5.22. The first-order valence-corrected chi connectivity index (χ1v) is 6.97. The first kappa shape index (κ1) is 13.6. The lowest BCUT2D eigenvalue weighted by Gasteiger charge is -2.32. The van der Waals surface area contributed by atoms with Crippen LogP contribution in [-0.4, -0.2) is 22.7 Å². The first-order chi connectivity index (χ1) is 10.1. The zero-order valence-corrected chi connectivity index (χ0v) is 11.8. The summed E-state index contributed by atoms with van der Waals surface area (Å²) in [6.07, 6.45) is -0.0174. The monoisotopic (exact) mass is 283 g/mol. The predicted octanol–water partition coefficient (Wildman–Crippen LogP) is 2.78. The predicted molar refractivity (Wildman–Crippen MR) is 80.5 cm³/mol. The number of benzene rings is 2. The van der Waals surface area contributed by atoms with E-state index in [2.05, 4.69) is 0 Å². The number of aliphatic hydroxyl groups excluding tert-OH is 1. The summed E-state index contributed by atoms with van der Waals surface area (Å²) in [5.41, 5.74) is 2.58. The third kappa shape index (κ3) is 2.28. The zero-order chi connectivity index (χ0) is 15.0. The van der Waals surface area contributed by atoms with Crippen LogP contribution in [0.1, 0.15) is 34.0 Å². The number of carbonyl (C=O) groups is 1. The van der Waals surface area contributed by atoms with E-state index < -0.39 is 6.10 Å². The first-order valence-electron chi connectivity index (χ1n) is 6.97. The summed E-state index contributed by atoms with van der Waals surface area (Å²) >= 11 is 0. The van der Waals surface area contributed by atoms with Crippen molar-refractivity contribution < 1.29 is 15.0 Å². The van der Waals surface area contributed by atoms with Gasteiger partial charge in [-0.05, 0) is 31.5 Å². The maximum Gasteiger partial charge on any atom is 0.258 e. The molecule has 108 valence electrons. The van der Waals surface area contributed by atoms with Crippen LogP contribution in [0, 0.1) is 6.92 Å². The van der Waals surface area contributed by atoms with E-state index in [9.17, 15) is 15.0 Å². The van der Waals surface area contributed by atoms with Crippen molar-refractivity contribution in [2.24, 2.45) is 0 Å². The van der Waals surface area contributed by atoms with Crippen molar-refractivity contribution in [3.05, 3.63) is 59.2 Å². The van der Waals surface area contributed by atoms with Crippen molar-refractivity contribution in [1.29, 1.82) is 0 Å². The van der Waals surface area contributed by atoms with Crippen LogP contribution in [0.3, 0.4) is 0 Å². The van der Waals surface area contributed by atoms with Crippen LogP contribution in [0.5, 0.6) is 5.75 Å². The Hall–Kier alpha value is -2.33. The Labute approximate surface area is 123 Å². The average molecular weight is 283 g/mol. The van der Waals surface area contributed by atoms with Crippen LogP contribution >= 0.6 is 0 Å². The van der Waals surface area contributed by atoms with Crippen molar-refractivity contribution in [1.82, 2.24) is 0 Å². The van der Waals surface area contributed by atoms with Crippen LogP contribution in [-0.2, 0) is 0 Å². The third-order valence-corrected chi connectivity index (χ3v) is 3.99. The van der Waals surface area contributed by atoms with Crippen LogP contribution in [0.4, 0.5) is 5.69 Å². The van der Waals surface area contributed by atoms with E-state index in [4.69, 9.17) is 0 Å². The minimum atomic E-state index is -0.532. The maximum absolute atomic E-state index is 12.8. The Balaban J connectivity index is 2.03. The summed E-state index contributed by atoms with van der Waals surface area (Å²) in [6, 6.07) is 12.3. The Morgan fingerprint density at radius 2 is 1.95 bits per heavy atom. The number of carbonyl (C=O) groups excluding carboxylic acids is 1. The quantitative estimate of drug-likeness (QED) is 0.846. The number of phenols is 1. The number of hydrogen-bond acceptors (Lipinski definition) is 3. The van der Waals surface area contributed by atoms with Gasteiger partial charge in [0, 0.05) is 28.9 Å². The third-order valence-electron chi connectivity index (χ3n) is 3.99. The molecule has 2 N–H and O–H groups in total. The summed E-state index contributed by atoms with van der Waals surface area (Å²) in [7, 11) is 0. The number of amides is 1. The van der Waals surface area contributed by atoms with E-state index >= 15 is 0 Å². The number of rotatable bonds is 1. The topological polar surface area (TPSA) is 60.8 Å². The summed E-state index contributed by atoms with van der Waals surface area (Å²) < 4.78 is 0. The molecule has 1 aliphatic rings. The van der Waals surface area contributed by atoms with Crippen molar-refractivity contribution in [2.75, 3.05) is 11.4 Å². The molecule has 0 fully saturated rings. The van der Waals surface area contributed by atoms with Gasteiger partial charge < -0.3 is 15.1 Å². The summed E-state index contributed by atoms with van der Waals surface area (Å²) in [6.45, 7) is 2.19. The molecule has 2 aromatic rings. The Morgan fingerprint density at radius 1 is 1.19 bits per heavy atom. The minimum Gasteiger partial charge on any atom is -0.508 e. The van der Waals surface area contributed by atoms with Gasteiger partial charge in [0.05, 0.1) is 6.10 Å². The lowest BCUT2D eigenvalue weighted by molar-refractivity contribution is 0.0969. The molecule has 1 aliphatic heterocycles. The summed E-state index contributed by atoms with van der Waals surface area (Å²) in [5.74, 6) is -0.0334. The fourth-order valence-electron chi connectivity index (χ4n) is 2.75. The molecular formula is C17H17NO3. The molecular weight excluding hydrogens is 266 g/mol. The Bertz CT molecular complexity index is 696. The summed E-state index contributed by atoms with van der Waals surface area (Å²) in [5, 5.41) is 19.8. The zero-order valence-electron chi connectivity index (χ0n) is 11.8. The molecule has 3 rings (SSSR count). The molecule has 0 aromatic heterocycles. The van der Waals surface area contributed by atoms with E-state index in [0.717, 1.165) is 11.3 Å². The Kier molecular flexibility index (Phi) is 3.39. The highest BCUT2D eigenvalue weighted by Gasteiger charge is 2.28. The number of aromatic hydroxyl groups is 1. The smallest absolute Gasteiger partial charge is 0.258 e. The maximum atomic E-state index is 12.8. The molecule has 2 aromatic carbocycles. The van der Waals surface area contributed by atoms with Crippen LogP contribution < -0.4 is 4.90 Å². The van der Waals surface area contributed by atoms with Gasteiger partial charge in [0.15, 0.2) is 0 Å². The van der Waals surface area contributed by atoms with Crippen molar-refractivity contribution >= 4 is 11.6 Å². The van der Waals surface area contributed by atoms with Gasteiger partial charge in [0.25, 0.3) is 5.91 Å². The molecule has 0 spiro atoms. The van der Waals surface area contributed by atoms with Gasteiger partial charge in [-0.15, -0.1) is 0 Å². The molecule has 0 saturated carbocycles. The van der Waals surface area contributed by atoms with Crippen molar-refractivity contribution in [2.45, 2.75) is 19.4 Å². The highest BCUT2D eigenvalue weighted by atomic mass is 16.3. The fraction of sp³-hybridized carbons (Fsp3) is 0.235. The van der Waals surface area contributed by atoms with E-state index in [-0.39, 0.29) is 11.7 Å². The SMILES string of the molecule is Cc1c(O)cccc1C(=O)N1CCC(O)c2ccccc21. The second-order valence-corrected chi connectivity index (χ2v) is 5.27. The minimum absolute atomic E-state index is 0.117. The van der Waals surface area contributed by atoms with Crippen LogP contribution in [0.15, 0.2) is 42.5 Å². The second-order valence-electron chi connectivity index (χ2n) is 5.27. The fourth-order valence-corrected chi connectivity index (χ4v) is 2.75. The molecule has 4 heteroatoms. The van der Waals surface area contributed by atoms with Gasteiger partial charge in [-0.2, -0.15) is 0 Å². The van der Waals surface area contributed by atoms with Gasteiger partial charge >= 0.3 is 0 Å². The number of anilines is 1. The highest BCUT2D eigenvalue weighted by Crippen LogP contribution is 2.35. The number of fused-ring (bicyclic) bond motifs is 1. The molecule has 1 atom stereocenters. The molecule has 0 saturated heterocycles. The van der Waals surface area contributed by atoms with Crippen molar-refractivity contribution in [3.63, 3.8) is 0 Å². The number of phenolic OH excluding ortho intramolecular Hbond substituents is 1. The number of aliphatic hydroxyl groups is 1. The van der Waals surface area contributed by atoms with E-state index in [0.29, 0.717) is 24.1 Å². The molecule has 1 amide bonds. The molecule has 21 heavy (non-hydrogen) atoms.